The van der Waals surface area contributed by atoms with E-state index in [1.165, 1.54) is 31.4 Å². The van der Waals surface area contributed by atoms with Crippen molar-refractivity contribution in [2.24, 2.45) is 0 Å². The number of halogens is 3. The van der Waals surface area contributed by atoms with Gasteiger partial charge >= 0.3 is 5.97 Å². The molecule has 3 aromatic carbocycles. The number of amides is 2. The molecule has 1 heterocycles. The molecule has 2 amide bonds. The molecule has 0 atom stereocenters. The molecule has 0 radical (unpaired) electrons. The fraction of sp³-hybridized carbons (Fsp3) is 0.0800. The molecule has 35 heavy (non-hydrogen) atoms. The van der Waals surface area contributed by atoms with Crippen LogP contribution in [0.5, 0.6) is 11.5 Å². The summed E-state index contributed by atoms with van der Waals surface area (Å²) in [6.07, 6.45) is 1.48. The van der Waals surface area contributed by atoms with Crippen LogP contribution in [0.2, 0.25) is 15.1 Å². The van der Waals surface area contributed by atoms with Crippen molar-refractivity contribution in [1.29, 1.82) is 0 Å². The van der Waals surface area contributed by atoms with Gasteiger partial charge in [-0.15, -0.1) is 0 Å². The second-order valence-corrected chi connectivity index (χ2v) is 9.50. The molecular weight excluding hydrogens is 533 g/mol. The van der Waals surface area contributed by atoms with Crippen LogP contribution >= 0.6 is 46.6 Å². The minimum absolute atomic E-state index is 0.0384. The predicted octanol–water partition coefficient (Wildman–Crippen LogP) is 7.11. The predicted molar refractivity (Wildman–Crippen MR) is 137 cm³/mol. The molecule has 3 aromatic rings. The van der Waals surface area contributed by atoms with E-state index in [0.29, 0.717) is 21.2 Å². The molecule has 10 heteroatoms. The third kappa shape index (κ3) is 5.49. The van der Waals surface area contributed by atoms with Crippen molar-refractivity contribution in [3.63, 3.8) is 0 Å². The lowest BCUT2D eigenvalue weighted by Crippen LogP contribution is -2.27. The smallest absolute Gasteiger partial charge is 0.345 e. The third-order valence-corrected chi connectivity index (χ3v) is 6.85. The Morgan fingerprint density at radius 1 is 1.00 bits per heavy atom. The van der Waals surface area contributed by atoms with Gasteiger partial charge in [0.25, 0.3) is 11.1 Å². The van der Waals surface area contributed by atoms with Crippen molar-refractivity contribution in [1.82, 2.24) is 4.90 Å². The molecule has 1 saturated heterocycles. The summed E-state index contributed by atoms with van der Waals surface area (Å²) >= 11 is 19.0. The molecule has 1 aliphatic heterocycles. The van der Waals surface area contributed by atoms with E-state index in [-0.39, 0.29) is 33.5 Å². The lowest BCUT2D eigenvalue weighted by Gasteiger charge is -2.14. The van der Waals surface area contributed by atoms with E-state index in [4.69, 9.17) is 44.3 Å². The summed E-state index contributed by atoms with van der Waals surface area (Å²) in [5.41, 5.74) is 1.12. The fourth-order valence-electron chi connectivity index (χ4n) is 3.29. The van der Waals surface area contributed by atoms with E-state index in [1.807, 2.05) is 0 Å². The Hall–Kier alpha value is -2.97. The monoisotopic (exact) mass is 547 g/mol. The number of rotatable bonds is 6. The Kier molecular flexibility index (Phi) is 7.72. The van der Waals surface area contributed by atoms with E-state index in [2.05, 4.69) is 0 Å². The van der Waals surface area contributed by atoms with Crippen molar-refractivity contribution in [3.05, 3.63) is 97.3 Å². The maximum absolute atomic E-state index is 13.0. The van der Waals surface area contributed by atoms with Gasteiger partial charge in [0.2, 0.25) is 0 Å². The molecule has 0 aromatic heterocycles. The van der Waals surface area contributed by atoms with Gasteiger partial charge in [-0.05, 0) is 53.7 Å². The minimum atomic E-state index is -0.738. The van der Waals surface area contributed by atoms with Gasteiger partial charge in [-0.3, -0.25) is 14.5 Å². The highest BCUT2D eigenvalue weighted by Gasteiger charge is 2.35. The number of carbonyl (C=O) groups is 3. The van der Waals surface area contributed by atoms with E-state index in [0.717, 1.165) is 16.7 Å². The molecular formula is C25H16Cl3NO5S. The number of benzene rings is 3. The number of esters is 1. The Labute approximate surface area is 220 Å². The molecule has 0 saturated carbocycles. The standard InChI is InChI=1S/C25H16Cl3NO5S/c1-33-20-8-4-6-14(22(20)34-24(31)17-10-9-16(26)12-19(17)28)11-21-23(30)29(25(32)35-21)13-15-5-2-3-7-18(15)27/h2-12H,13H2,1H3/b21-11-. The molecule has 178 valence electrons. The molecule has 0 unspecified atom stereocenters. The quantitative estimate of drug-likeness (QED) is 0.186. The molecule has 0 N–H and O–H groups in total. The van der Waals surface area contributed by atoms with E-state index >= 15 is 0 Å². The molecule has 1 aliphatic rings. The highest BCUT2D eigenvalue weighted by Crippen LogP contribution is 2.39. The zero-order valence-corrected chi connectivity index (χ0v) is 21.2. The van der Waals surface area contributed by atoms with Gasteiger partial charge < -0.3 is 9.47 Å². The number of thioether (sulfide) groups is 1. The third-order valence-electron chi connectivity index (χ3n) is 5.02. The van der Waals surface area contributed by atoms with Crippen LogP contribution in [-0.2, 0) is 11.3 Å². The number of methoxy groups -OCH3 is 1. The van der Waals surface area contributed by atoms with Gasteiger partial charge in [0.05, 0.1) is 29.1 Å². The lowest BCUT2D eigenvalue weighted by atomic mass is 10.1. The van der Waals surface area contributed by atoms with E-state index < -0.39 is 17.1 Å². The molecule has 0 bridgehead atoms. The Morgan fingerprint density at radius 3 is 2.49 bits per heavy atom. The van der Waals surface area contributed by atoms with Crippen molar-refractivity contribution in [2.45, 2.75) is 6.54 Å². The molecule has 0 aliphatic carbocycles. The van der Waals surface area contributed by atoms with Crippen LogP contribution in [0.15, 0.2) is 65.6 Å². The Morgan fingerprint density at radius 2 is 1.77 bits per heavy atom. The number of carbonyl (C=O) groups excluding carboxylic acids is 3. The highest BCUT2D eigenvalue weighted by molar-refractivity contribution is 8.18. The first kappa shape index (κ1) is 25.1. The molecule has 4 rings (SSSR count). The van der Waals surface area contributed by atoms with Crippen molar-refractivity contribution in [3.8, 4) is 11.5 Å². The summed E-state index contributed by atoms with van der Waals surface area (Å²) in [6.45, 7) is 0.0384. The van der Waals surface area contributed by atoms with Crippen molar-refractivity contribution in [2.75, 3.05) is 7.11 Å². The second-order valence-electron chi connectivity index (χ2n) is 7.25. The number of para-hydroxylation sites is 1. The number of hydrogen-bond donors (Lipinski definition) is 0. The average molecular weight is 549 g/mol. The topological polar surface area (TPSA) is 72.9 Å². The van der Waals surface area contributed by atoms with Crippen LogP contribution in [0.1, 0.15) is 21.5 Å². The zero-order valence-electron chi connectivity index (χ0n) is 18.1. The minimum Gasteiger partial charge on any atom is -0.493 e. The Bertz CT molecular complexity index is 1370. The number of ether oxygens (including phenoxy) is 2. The van der Waals surface area contributed by atoms with Crippen molar-refractivity contribution < 1.29 is 23.9 Å². The average Bonchev–Trinajstić information content (AvgIpc) is 3.08. The second kappa shape index (κ2) is 10.7. The molecule has 1 fully saturated rings. The summed E-state index contributed by atoms with van der Waals surface area (Å²) in [7, 11) is 1.42. The van der Waals surface area contributed by atoms with Crippen LogP contribution < -0.4 is 9.47 Å². The maximum Gasteiger partial charge on any atom is 0.345 e. The van der Waals surface area contributed by atoms with Crippen LogP contribution in [0.3, 0.4) is 0 Å². The Balaban J connectivity index is 1.64. The van der Waals surface area contributed by atoms with Gasteiger partial charge in [-0.2, -0.15) is 0 Å². The fourth-order valence-corrected chi connectivity index (χ4v) is 4.80. The van der Waals surface area contributed by atoms with Crippen molar-refractivity contribution >= 4 is 69.8 Å². The summed E-state index contributed by atoms with van der Waals surface area (Å²) in [5, 5.41) is 0.519. The van der Waals surface area contributed by atoms with Gasteiger partial charge in [0, 0.05) is 15.6 Å². The van der Waals surface area contributed by atoms with E-state index in [9.17, 15) is 14.4 Å². The highest BCUT2D eigenvalue weighted by atomic mass is 35.5. The summed E-state index contributed by atoms with van der Waals surface area (Å²) in [6, 6.07) is 16.3. The van der Waals surface area contributed by atoms with Gasteiger partial charge in [0.1, 0.15) is 0 Å². The number of nitrogens with zero attached hydrogens (tertiary/aromatic N) is 1. The van der Waals surface area contributed by atoms with Gasteiger partial charge in [-0.25, -0.2) is 4.79 Å². The van der Waals surface area contributed by atoms with Crippen LogP contribution in [0.25, 0.3) is 6.08 Å². The number of hydrogen-bond acceptors (Lipinski definition) is 6. The van der Waals surface area contributed by atoms with Gasteiger partial charge in [-0.1, -0.05) is 65.1 Å². The first-order chi connectivity index (χ1) is 16.8. The number of imide groups is 1. The first-order valence-electron chi connectivity index (χ1n) is 10.1. The van der Waals surface area contributed by atoms with E-state index in [1.54, 1.807) is 42.5 Å². The zero-order chi connectivity index (χ0) is 25.1. The summed E-state index contributed by atoms with van der Waals surface area (Å²) < 4.78 is 11.0. The normalized spacial score (nSPS) is 14.5. The van der Waals surface area contributed by atoms with Gasteiger partial charge in [0.15, 0.2) is 11.5 Å². The van der Waals surface area contributed by atoms with Crippen LogP contribution in [-0.4, -0.2) is 29.1 Å². The molecule has 0 spiro atoms. The maximum atomic E-state index is 13.0. The summed E-state index contributed by atoms with van der Waals surface area (Å²) in [4.78, 5) is 39.7. The van der Waals surface area contributed by atoms with Crippen LogP contribution in [0, 0.1) is 0 Å². The molecule has 6 nitrogen and oxygen atoms in total. The summed E-state index contributed by atoms with van der Waals surface area (Å²) in [5.74, 6) is -0.894. The lowest BCUT2D eigenvalue weighted by molar-refractivity contribution is -0.123. The largest absolute Gasteiger partial charge is 0.493 e. The van der Waals surface area contributed by atoms with Crippen LogP contribution in [0.4, 0.5) is 4.79 Å². The SMILES string of the molecule is COc1cccc(/C=C2\SC(=O)N(Cc3ccccc3Cl)C2=O)c1OC(=O)c1ccc(Cl)cc1Cl. The first-order valence-corrected chi connectivity index (χ1v) is 12.1.